The molecule has 5 amide bonds. The van der Waals surface area contributed by atoms with Crippen molar-refractivity contribution >= 4 is 41.5 Å². The van der Waals surface area contributed by atoms with E-state index in [1.165, 1.54) is 0 Å². The minimum Gasteiger partial charge on any atom is -0.508 e. The lowest BCUT2D eigenvalue weighted by Crippen LogP contribution is -2.50. The van der Waals surface area contributed by atoms with E-state index in [1.54, 1.807) is 31.3 Å². The highest BCUT2D eigenvalue weighted by atomic mass is 16.3. The molecule has 0 saturated heterocycles. The largest absolute Gasteiger partial charge is 0.508 e. The second-order valence-electron chi connectivity index (χ2n) is 15.8. The summed E-state index contributed by atoms with van der Waals surface area (Å²) in [5, 5.41) is 27.6. The Morgan fingerprint density at radius 3 is 1.45 bits per heavy atom. The highest BCUT2D eigenvalue weighted by Gasteiger charge is 2.24. The van der Waals surface area contributed by atoms with Crippen molar-refractivity contribution < 1.29 is 40.5 Å². The summed E-state index contributed by atoms with van der Waals surface area (Å²) in [6.07, 6.45) is 8.30. The number of carbonyl (C=O) groups is 5. The molecule has 1 rings (SSSR count). The van der Waals surface area contributed by atoms with Crippen LogP contribution in [0.15, 0.2) is 34.3 Å². The Bertz CT molecular complexity index is 1500. The maximum absolute atomic E-state index is 13.6. The van der Waals surface area contributed by atoms with Gasteiger partial charge in [0.15, 0.2) is 11.9 Å². The number of phenols is 1. The molecule has 1 aromatic carbocycles. The molecule has 0 fully saturated rings. The zero-order chi connectivity index (χ0) is 46.1. The number of carbonyl (C=O) groups excluding carboxylic acids is 5. The first-order valence-electron chi connectivity index (χ1n) is 22.3. The van der Waals surface area contributed by atoms with Gasteiger partial charge in [-0.1, -0.05) is 19.1 Å². The molecule has 352 valence electrons. The van der Waals surface area contributed by atoms with Gasteiger partial charge in [0.1, 0.15) is 5.75 Å². The van der Waals surface area contributed by atoms with Crippen molar-refractivity contribution in [3.05, 3.63) is 29.8 Å². The predicted octanol–water partition coefficient (Wildman–Crippen LogP) is -2.13. The summed E-state index contributed by atoms with van der Waals surface area (Å²) < 4.78 is 0. The van der Waals surface area contributed by atoms with E-state index in [2.05, 4.69) is 53.4 Å². The van der Waals surface area contributed by atoms with Crippen LogP contribution in [0.1, 0.15) is 115 Å². The van der Waals surface area contributed by atoms with E-state index in [4.69, 9.17) is 22.9 Å². The maximum Gasteiger partial charge on any atom is 0.222 e. The van der Waals surface area contributed by atoms with E-state index in [1.807, 2.05) is 6.92 Å². The zero-order valence-corrected chi connectivity index (χ0v) is 37.4. The van der Waals surface area contributed by atoms with Crippen LogP contribution in [0.3, 0.4) is 0 Å². The topological polar surface area (TPSA) is 362 Å². The van der Waals surface area contributed by atoms with Crippen LogP contribution in [0, 0.1) is 0 Å². The van der Waals surface area contributed by atoms with E-state index in [0.29, 0.717) is 58.2 Å². The number of nitrogens with one attached hydrogen (secondary N) is 6. The smallest absolute Gasteiger partial charge is 0.222 e. The molecule has 0 saturated carbocycles. The summed E-state index contributed by atoms with van der Waals surface area (Å²) in [6, 6.07) is 5.17. The lowest BCUT2D eigenvalue weighted by atomic mass is 10.0. The van der Waals surface area contributed by atoms with Gasteiger partial charge in [0.2, 0.25) is 29.5 Å². The SMILES string of the molecule is CC[C@H](CCCN=C(N)N)NC(=O)C[C@H](CCCC[NH3+])NC(=O)C[C@H](CCCC[NH3+])NC(=O)C[C@H](CCCN=C(N)N)NC(=O)CCNC(=O)C[C@H](Cc1ccc(O)cc1)NC. The van der Waals surface area contributed by atoms with Crippen molar-refractivity contribution in [2.24, 2.45) is 32.9 Å². The third-order valence-electron chi connectivity index (χ3n) is 10.3. The molecule has 62 heavy (non-hydrogen) atoms. The number of amides is 5. The van der Waals surface area contributed by atoms with E-state index < -0.39 is 18.1 Å². The number of phenolic OH excluding ortho intramolecular Hbond substituents is 1. The molecule has 0 aliphatic rings. The van der Waals surface area contributed by atoms with Gasteiger partial charge >= 0.3 is 0 Å². The summed E-state index contributed by atoms with van der Waals surface area (Å²) in [5.74, 6) is -1.17. The molecule has 0 aromatic heterocycles. The molecule has 5 atom stereocenters. The molecule has 0 bridgehead atoms. The number of hydrogen-bond donors (Lipinski definition) is 13. The Labute approximate surface area is 367 Å². The first-order valence-corrected chi connectivity index (χ1v) is 22.3. The van der Waals surface area contributed by atoms with E-state index >= 15 is 0 Å². The van der Waals surface area contributed by atoms with E-state index in [-0.39, 0.29) is 97.9 Å². The van der Waals surface area contributed by atoms with Crippen LogP contribution < -0.4 is 66.3 Å². The van der Waals surface area contributed by atoms with Crippen LogP contribution in [-0.4, -0.2) is 117 Å². The molecule has 0 spiro atoms. The maximum atomic E-state index is 13.6. The summed E-state index contributed by atoms with van der Waals surface area (Å²) in [6.45, 7) is 4.35. The highest BCUT2D eigenvalue weighted by molar-refractivity contribution is 5.83. The fraction of sp³-hybridized carbons (Fsp3) is 0.690. The Morgan fingerprint density at radius 2 is 1.02 bits per heavy atom. The minimum atomic E-state index is -0.560. The molecule has 0 aliphatic carbocycles. The van der Waals surface area contributed by atoms with Gasteiger partial charge in [0.05, 0.1) is 13.1 Å². The van der Waals surface area contributed by atoms with Crippen molar-refractivity contribution in [3.8, 4) is 5.75 Å². The number of hydrogen-bond acceptors (Lipinski definition) is 9. The number of likely N-dealkylation sites (N-methyl/N-ethyl adjacent to an activating group) is 1. The van der Waals surface area contributed by atoms with E-state index in [9.17, 15) is 29.1 Å². The Balaban J connectivity index is 2.89. The Kier molecular flexibility index (Phi) is 29.5. The molecule has 0 aliphatic heterocycles. The molecule has 0 radical (unpaired) electrons. The van der Waals surface area contributed by atoms with Crippen molar-refractivity contribution in [1.29, 1.82) is 0 Å². The molecular weight excluding hydrogens is 797 g/mol. The molecule has 1 aromatic rings. The number of guanidine groups is 2. The van der Waals surface area contributed by atoms with Gasteiger partial charge < -0.3 is 71.4 Å². The highest BCUT2D eigenvalue weighted by Crippen LogP contribution is 2.14. The lowest BCUT2D eigenvalue weighted by Gasteiger charge is -2.24. The number of aromatic hydroxyl groups is 1. The normalized spacial score (nSPS) is 13.4. The fourth-order valence-electron chi connectivity index (χ4n) is 6.92. The molecule has 20 heteroatoms. The third-order valence-corrected chi connectivity index (χ3v) is 10.3. The van der Waals surface area contributed by atoms with Crippen LogP contribution in [0.5, 0.6) is 5.75 Å². The van der Waals surface area contributed by atoms with Crippen molar-refractivity contribution in [2.45, 2.75) is 146 Å². The Morgan fingerprint density at radius 1 is 0.597 bits per heavy atom. The van der Waals surface area contributed by atoms with Gasteiger partial charge in [-0.3, -0.25) is 34.0 Å². The van der Waals surface area contributed by atoms with Crippen LogP contribution in [0.4, 0.5) is 0 Å². The summed E-state index contributed by atoms with van der Waals surface area (Å²) in [4.78, 5) is 74.0. The number of aliphatic imine (C=N–C) groups is 2. The zero-order valence-electron chi connectivity index (χ0n) is 37.4. The molecule has 21 N–H and O–H groups in total. The van der Waals surface area contributed by atoms with Crippen LogP contribution in [-0.2, 0) is 30.4 Å². The molecular formula is C42H80N14O6+2. The van der Waals surface area contributed by atoms with Gasteiger partial charge in [-0.25, -0.2) is 0 Å². The predicted molar refractivity (Wildman–Crippen MR) is 242 cm³/mol. The lowest BCUT2D eigenvalue weighted by molar-refractivity contribution is -0.369. The standard InChI is InChI=1S/C42H78N14O6/c1-3-30(12-8-21-51-41(45)46)53-38(60)25-31(10-4-6-19-43)55-39(61)26-32(11-5-7-20-44)56-40(62)27-33(13-9-22-52-42(47)48)54-36(58)18-23-50-37(59)28-34(49-2)24-29-14-16-35(57)17-15-29/h14-17,30-34,49,57H,3-13,18-28,43-44H2,1-2H3,(H,50,59)(H,53,60)(H,54,58)(H,55,61)(H,56,62)(H4,45,46,51)(H4,47,48,52)/p+2/t30-,31+,32+,33+,34+/m1/s1. The second-order valence-corrected chi connectivity index (χ2v) is 15.8. The summed E-state index contributed by atoms with van der Waals surface area (Å²) in [7, 11) is 1.77. The van der Waals surface area contributed by atoms with Crippen molar-refractivity contribution in [1.82, 2.24) is 31.9 Å². The number of rotatable bonds is 35. The molecule has 20 nitrogen and oxygen atoms in total. The van der Waals surface area contributed by atoms with Gasteiger partial charge in [-0.15, -0.1) is 0 Å². The number of unbranched alkanes of at least 4 members (excludes halogenated alkanes) is 2. The number of quaternary nitrogens is 2. The van der Waals surface area contributed by atoms with Gasteiger partial charge in [-0.05, 0) is 102 Å². The van der Waals surface area contributed by atoms with Gasteiger partial charge in [-0.2, -0.15) is 0 Å². The summed E-state index contributed by atoms with van der Waals surface area (Å²) in [5.41, 5.74) is 30.6. The number of nitrogens with zero attached hydrogens (tertiary/aromatic N) is 2. The van der Waals surface area contributed by atoms with Gasteiger partial charge in [0, 0.05) is 81.9 Å². The second kappa shape index (κ2) is 33.4. The average Bonchev–Trinajstić information content (AvgIpc) is 3.20. The first-order chi connectivity index (χ1) is 29.7. The molecule has 0 heterocycles. The average molecular weight is 877 g/mol. The molecule has 0 unspecified atom stereocenters. The minimum absolute atomic E-state index is 0.000274. The van der Waals surface area contributed by atoms with E-state index in [0.717, 1.165) is 50.6 Å². The monoisotopic (exact) mass is 877 g/mol. The van der Waals surface area contributed by atoms with Crippen molar-refractivity contribution in [3.63, 3.8) is 0 Å². The quantitative estimate of drug-likeness (QED) is 0.0198. The summed E-state index contributed by atoms with van der Waals surface area (Å²) >= 11 is 0. The van der Waals surface area contributed by atoms with Crippen LogP contribution >= 0.6 is 0 Å². The van der Waals surface area contributed by atoms with Crippen molar-refractivity contribution in [2.75, 3.05) is 39.8 Å². The number of nitrogens with two attached hydrogens (primary N) is 4. The number of benzene rings is 1. The van der Waals surface area contributed by atoms with Crippen LogP contribution in [0.25, 0.3) is 0 Å². The van der Waals surface area contributed by atoms with Crippen LogP contribution in [0.2, 0.25) is 0 Å². The van der Waals surface area contributed by atoms with Gasteiger partial charge in [0.25, 0.3) is 0 Å². The Hall–Kier alpha value is -5.21. The third kappa shape index (κ3) is 28.3. The first kappa shape index (κ1) is 54.8. The fourth-order valence-corrected chi connectivity index (χ4v) is 6.92.